The highest BCUT2D eigenvalue weighted by Crippen LogP contribution is 2.54. The number of imidazole rings is 1. The summed E-state index contributed by atoms with van der Waals surface area (Å²) in [5.41, 5.74) is 6.62. The van der Waals surface area contributed by atoms with Gasteiger partial charge in [-0.05, 0) is 36.2 Å². The largest absolute Gasteiger partial charge is 0.473 e. The van der Waals surface area contributed by atoms with Gasteiger partial charge in [0.2, 0.25) is 10.9 Å². The predicted molar refractivity (Wildman–Crippen MR) is 168 cm³/mol. The van der Waals surface area contributed by atoms with Crippen molar-refractivity contribution >= 4 is 53.3 Å². The number of para-hydroxylation sites is 1. The van der Waals surface area contributed by atoms with Crippen LogP contribution in [-0.4, -0.2) is 63.9 Å². The van der Waals surface area contributed by atoms with Crippen LogP contribution in [0.5, 0.6) is 0 Å². The zero-order valence-corrected chi connectivity index (χ0v) is 26.8. The lowest BCUT2D eigenvalue weighted by Crippen LogP contribution is -2.46. The lowest BCUT2D eigenvalue weighted by atomic mass is 9.86. The number of nitrogens with two attached hydrogens (primary N) is 1. The molecule has 8 rings (SSSR count). The Hall–Kier alpha value is -4.28. The first-order valence-electron chi connectivity index (χ1n) is 15.0. The van der Waals surface area contributed by atoms with Crippen molar-refractivity contribution in [2.45, 2.75) is 57.0 Å². The number of hydrogen-bond acceptors (Lipinski definition) is 13. The maximum atomic E-state index is 13.8. The summed E-state index contributed by atoms with van der Waals surface area (Å²) in [4.78, 5) is 55.1. The van der Waals surface area contributed by atoms with E-state index in [1.165, 1.54) is 15.5 Å². The monoisotopic (exact) mass is 695 g/mol. The Labute approximate surface area is 275 Å². The number of nitrogens with zero attached hydrogens (tertiary/aromatic N) is 6. The number of cyclic esters (lactones) is 1. The number of carbonyl (C=O) groups excluding carboxylic acids is 1. The Morgan fingerprint density at radius 1 is 1.21 bits per heavy atom. The molecule has 1 saturated heterocycles. The van der Waals surface area contributed by atoms with E-state index in [2.05, 4.69) is 15.0 Å². The van der Waals surface area contributed by atoms with Crippen molar-refractivity contribution in [3.05, 3.63) is 75.1 Å². The minimum Gasteiger partial charge on any atom is -0.458 e. The number of rotatable bonds is 7. The van der Waals surface area contributed by atoms with Crippen molar-refractivity contribution in [2.75, 3.05) is 12.3 Å². The number of carbonyl (C=O) groups is 1. The molecule has 1 aromatic carbocycles. The first kappa shape index (κ1) is 31.0. The number of nitrogen functional groups attached to an aromatic ring is 1. The summed E-state index contributed by atoms with van der Waals surface area (Å²) in [5, 5.41) is 11.5. The number of aromatic nitrogens is 6. The second-order valence-electron chi connectivity index (χ2n) is 11.7. The number of phosphoric ester groups is 1. The summed E-state index contributed by atoms with van der Waals surface area (Å²) in [6, 6.07) is 11.1. The van der Waals surface area contributed by atoms with Crippen molar-refractivity contribution < 1.29 is 37.9 Å². The van der Waals surface area contributed by atoms with Crippen LogP contribution < -0.4 is 11.3 Å². The number of aliphatic hydroxyl groups excluding tert-OH is 1. The summed E-state index contributed by atoms with van der Waals surface area (Å²) >= 11 is 5.96. The van der Waals surface area contributed by atoms with Gasteiger partial charge in [0.05, 0.1) is 48.1 Å². The van der Waals surface area contributed by atoms with E-state index < -0.39 is 50.0 Å². The molecule has 5 atom stereocenters. The van der Waals surface area contributed by atoms with Crippen molar-refractivity contribution in [2.24, 2.45) is 0 Å². The number of esters is 1. The Morgan fingerprint density at radius 3 is 2.83 bits per heavy atom. The van der Waals surface area contributed by atoms with Crippen molar-refractivity contribution in [3.8, 4) is 11.4 Å². The molecule has 0 aliphatic carbocycles. The van der Waals surface area contributed by atoms with Gasteiger partial charge in [-0.1, -0.05) is 25.1 Å². The van der Waals surface area contributed by atoms with E-state index in [1.54, 1.807) is 13.0 Å². The SMILES string of the molecule is CC[C@@]1(OP(=O)(O)OC[C@H]2O[C@@H](n3cnc4c(N)nc(Cl)nc43)C[C@@H]2O)C(=O)OCc2c1cc1n(c2=O)Cc2cc3ccccc3nc2-1. The Kier molecular flexibility index (Phi) is 7.19. The maximum Gasteiger partial charge on any atom is 0.473 e. The number of anilines is 1. The van der Waals surface area contributed by atoms with Crippen LogP contribution in [0.25, 0.3) is 33.5 Å². The van der Waals surface area contributed by atoms with E-state index in [1.807, 2.05) is 30.3 Å². The summed E-state index contributed by atoms with van der Waals surface area (Å²) < 4.78 is 38.8. The fourth-order valence-corrected chi connectivity index (χ4v) is 7.87. The van der Waals surface area contributed by atoms with Crippen molar-refractivity contribution in [1.29, 1.82) is 0 Å². The quantitative estimate of drug-likeness (QED) is 0.124. The third-order valence-electron chi connectivity index (χ3n) is 8.99. The molecule has 16 nitrogen and oxygen atoms in total. The molecule has 4 aromatic heterocycles. The average Bonchev–Trinajstić information content (AvgIpc) is 3.75. The highest BCUT2D eigenvalue weighted by Gasteiger charge is 2.53. The van der Waals surface area contributed by atoms with Crippen LogP contribution in [0.2, 0.25) is 5.28 Å². The van der Waals surface area contributed by atoms with Crippen LogP contribution >= 0.6 is 19.4 Å². The van der Waals surface area contributed by atoms with E-state index in [-0.39, 0.29) is 59.4 Å². The molecule has 3 aliphatic heterocycles. The smallest absolute Gasteiger partial charge is 0.458 e. The van der Waals surface area contributed by atoms with Gasteiger partial charge in [0.15, 0.2) is 11.5 Å². The summed E-state index contributed by atoms with van der Waals surface area (Å²) in [7, 11) is -5.07. The zero-order valence-electron chi connectivity index (χ0n) is 25.1. The molecule has 7 heterocycles. The van der Waals surface area contributed by atoms with Crippen molar-refractivity contribution in [3.63, 3.8) is 0 Å². The number of hydrogen-bond donors (Lipinski definition) is 3. The Morgan fingerprint density at radius 2 is 2.02 bits per heavy atom. The zero-order chi connectivity index (χ0) is 33.5. The number of fused-ring (bicyclic) bond motifs is 6. The van der Waals surface area contributed by atoms with Gasteiger partial charge in [-0.3, -0.25) is 18.4 Å². The van der Waals surface area contributed by atoms with Crippen LogP contribution in [0, 0.1) is 0 Å². The molecule has 0 amide bonds. The molecule has 0 radical (unpaired) electrons. The highest BCUT2D eigenvalue weighted by atomic mass is 35.5. The van der Waals surface area contributed by atoms with Gasteiger partial charge in [-0.15, -0.1) is 0 Å². The van der Waals surface area contributed by atoms with Crippen LogP contribution in [0.1, 0.15) is 42.7 Å². The summed E-state index contributed by atoms with van der Waals surface area (Å²) in [6.45, 7) is 0.897. The number of pyridine rings is 2. The molecular formula is C30H27ClN7O9P. The molecule has 4 N–H and O–H groups in total. The first-order valence-corrected chi connectivity index (χ1v) is 16.9. The van der Waals surface area contributed by atoms with Gasteiger partial charge in [0.25, 0.3) is 5.56 Å². The Balaban J connectivity index is 1.07. The number of halogens is 1. The first-order chi connectivity index (χ1) is 23.0. The van der Waals surface area contributed by atoms with Crippen LogP contribution in [0.4, 0.5) is 5.82 Å². The molecule has 1 fully saturated rings. The Bertz CT molecular complexity index is 2280. The molecule has 0 spiro atoms. The normalized spacial score (nSPS) is 24.3. The topological polar surface area (TPSA) is 216 Å². The number of ether oxygens (including phenoxy) is 2. The molecule has 5 aromatic rings. The van der Waals surface area contributed by atoms with Crippen LogP contribution in [0.15, 0.2) is 47.5 Å². The van der Waals surface area contributed by atoms with Crippen molar-refractivity contribution in [1.82, 2.24) is 29.1 Å². The number of phosphoric acid groups is 1. The standard InChI is InChI=1S/C30H27ClN7O9P/c1-2-30(47-48(42,43)45-12-21-20(39)9-22(46-21)38-13-33-24-25(32)35-29(31)36-26(24)38)17-8-19-23-15(7-14-5-3-4-6-18(14)34-23)10-37(19)27(40)16(17)11-44-28(30)41/h3-8,13,20-22,39H,2,9-12H2,1H3,(H,42,43)(H2,32,35,36)/t20-,21+,22+,30-/m0/s1. The third kappa shape index (κ3) is 4.83. The molecule has 1 unspecified atom stereocenters. The number of aliphatic hydroxyl groups is 1. The van der Waals surface area contributed by atoms with E-state index >= 15 is 0 Å². The number of benzene rings is 1. The molecular weight excluding hydrogens is 669 g/mol. The molecule has 18 heteroatoms. The average molecular weight is 696 g/mol. The molecule has 248 valence electrons. The van der Waals surface area contributed by atoms with E-state index in [0.29, 0.717) is 11.4 Å². The van der Waals surface area contributed by atoms with Gasteiger partial charge in [0, 0.05) is 22.9 Å². The van der Waals surface area contributed by atoms with E-state index in [9.17, 15) is 24.2 Å². The molecule has 0 saturated carbocycles. The summed E-state index contributed by atoms with van der Waals surface area (Å²) in [6.07, 6.45) is -1.72. The van der Waals surface area contributed by atoms with E-state index in [4.69, 9.17) is 40.8 Å². The third-order valence-corrected chi connectivity index (χ3v) is 10.2. The lowest BCUT2D eigenvalue weighted by molar-refractivity contribution is -0.171. The predicted octanol–water partition coefficient (Wildman–Crippen LogP) is 2.94. The molecule has 0 bridgehead atoms. The highest BCUT2D eigenvalue weighted by molar-refractivity contribution is 7.47. The minimum absolute atomic E-state index is 0.0516. The fourth-order valence-electron chi connectivity index (χ4n) is 6.61. The molecule has 3 aliphatic rings. The van der Waals surface area contributed by atoms with Gasteiger partial charge in [0.1, 0.15) is 24.5 Å². The van der Waals surface area contributed by atoms with Crippen LogP contribution in [-0.2, 0) is 46.6 Å². The molecule has 48 heavy (non-hydrogen) atoms. The second kappa shape index (κ2) is 11.1. The minimum atomic E-state index is -5.07. The maximum absolute atomic E-state index is 13.8. The van der Waals surface area contributed by atoms with E-state index in [0.717, 1.165) is 16.5 Å². The lowest BCUT2D eigenvalue weighted by Gasteiger charge is -2.36. The fraction of sp³-hybridized carbons (Fsp3) is 0.333. The van der Waals surface area contributed by atoms with Crippen LogP contribution in [0.3, 0.4) is 0 Å². The van der Waals surface area contributed by atoms with Gasteiger partial charge in [-0.25, -0.2) is 19.3 Å². The second-order valence-corrected chi connectivity index (χ2v) is 13.5. The van der Waals surface area contributed by atoms with Gasteiger partial charge < -0.3 is 29.8 Å². The van der Waals surface area contributed by atoms with Gasteiger partial charge in [-0.2, -0.15) is 9.97 Å². The van der Waals surface area contributed by atoms with Gasteiger partial charge >= 0.3 is 13.8 Å². The summed E-state index contributed by atoms with van der Waals surface area (Å²) in [5.74, 6) is -0.886.